The molecule has 6 aromatic heterocycles. The molecular weight excluding hydrogens is 1430 g/mol. The first kappa shape index (κ1) is 74.3. The number of benzene rings is 6. The summed E-state index contributed by atoms with van der Waals surface area (Å²) in [5.74, 6) is -6.86. The van der Waals surface area contributed by atoms with Gasteiger partial charge in [0, 0.05) is 164 Å². The van der Waals surface area contributed by atoms with Crippen molar-refractivity contribution in [1.82, 2.24) is 59.1 Å². The number of nitrogens with one attached hydrogen (secondary N) is 5. The van der Waals surface area contributed by atoms with E-state index in [1.54, 1.807) is 73.2 Å². The fourth-order valence-corrected chi connectivity index (χ4v) is 13.8. The fraction of sp³-hybridized carbons (Fsp3) is 0.296. The van der Waals surface area contributed by atoms with Gasteiger partial charge >= 0.3 is 0 Å². The first-order valence-corrected chi connectivity index (χ1v) is 36.9. The van der Waals surface area contributed by atoms with Crippen LogP contribution in [0.2, 0.25) is 0 Å². The first-order chi connectivity index (χ1) is 53.8. The van der Waals surface area contributed by atoms with Crippen molar-refractivity contribution in [1.29, 1.82) is 0 Å². The van der Waals surface area contributed by atoms with E-state index in [9.17, 15) is 14.4 Å². The average molecular weight is 1520 g/mol. The average Bonchev–Trinajstić information content (AvgIpc) is 1.63. The Morgan fingerprint density at radius 3 is 1.03 bits per heavy atom. The normalized spacial score (nSPS) is 15.2. The molecule has 2 aliphatic carbocycles. The van der Waals surface area contributed by atoms with Gasteiger partial charge in [-0.1, -0.05) is 6.92 Å². The van der Waals surface area contributed by atoms with Gasteiger partial charge in [-0.05, 0) is 181 Å². The van der Waals surface area contributed by atoms with E-state index >= 15 is 26.3 Å². The van der Waals surface area contributed by atoms with Gasteiger partial charge in [-0.25, -0.2) is 28.1 Å². The lowest BCUT2D eigenvalue weighted by atomic mass is 10.2. The van der Waals surface area contributed by atoms with E-state index in [-0.39, 0.29) is 86.8 Å². The number of piperazine rings is 3. The molecule has 572 valence electrons. The molecule has 6 aromatic carbocycles. The topological polar surface area (TPSA) is 244 Å². The highest BCUT2D eigenvalue weighted by molar-refractivity contribution is 5.98. The minimum atomic E-state index is -0.849. The summed E-state index contributed by atoms with van der Waals surface area (Å²) in [6, 6.07) is 36.7. The maximum absolute atomic E-state index is 15.4. The number of halogens is 6. The quantitative estimate of drug-likeness (QED) is 0.0501. The monoisotopic (exact) mass is 1510 g/mol. The Labute approximate surface area is 634 Å². The summed E-state index contributed by atoms with van der Waals surface area (Å²) in [6.07, 6.45) is 7.15. The molecular formula is C81H80F6N18O6. The molecule has 17 rings (SSSR count). The second kappa shape index (κ2) is 32.2. The van der Waals surface area contributed by atoms with Gasteiger partial charge in [0.2, 0.25) is 35.2 Å². The van der Waals surface area contributed by atoms with Crippen LogP contribution in [-0.4, -0.2) is 152 Å². The highest BCUT2D eigenvalue weighted by Gasteiger charge is 2.35. The minimum Gasteiger partial charge on any atom is -0.433 e. The van der Waals surface area contributed by atoms with E-state index in [1.165, 1.54) is 22.8 Å². The zero-order valence-electron chi connectivity index (χ0n) is 61.6. The Balaban J connectivity index is 0.000000132. The van der Waals surface area contributed by atoms with Crippen molar-refractivity contribution in [3.63, 3.8) is 0 Å². The maximum atomic E-state index is 15.4. The Kier molecular flexibility index (Phi) is 21.6. The van der Waals surface area contributed by atoms with Crippen LogP contribution in [0.25, 0.3) is 32.7 Å². The van der Waals surface area contributed by atoms with Crippen LogP contribution < -0.4 is 55.5 Å². The summed E-state index contributed by atoms with van der Waals surface area (Å²) >= 11 is 0. The number of aromatic nitrogens is 9. The van der Waals surface area contributed by atoms with E-state index in [2.05, 4.69) is 83.1 Å². The molecule has 12 aromatic rings. The third-order valence-electron chi connectivity index (χ3n) is 20.2. The molecule has 5 fully saturated rings. The second-order valence-electron chi connectivity index (χ2n) is 27.9. The van der Waals surface area contributed by atoms with Crippen LogP contribution in [-0.2, 0) is 0 Å². The highest BCUT2D eigenvalue weighted by atomic mass is 19.1. The van der Waals surface area contributed by atoms with E-state index in [0.717, 1.165) is 140 Å². The molecule has 5 aliphatic rings. The number of anilines is 9. The molecule has 24 nitrogen and oxygen atoms in total. The summed E-state index contributed by atoms with van der Waals surface area (Å²) in [5.41, 5.74) is 8.48. The third-order valence-corrected chi connectivity index (χ3v) is 20.2. The zero-order chi connectivity index (χ0) is 77.1. The lowest BCUT2D eigenvalue weighted by Crippen LogP contribution is -2.44. The van der Waals surface area contributed by atoms with Gasteiger partial charge in [-0.15, -0.1) is 0 Å². The molecule has 0 radical (unpaired) electrons. The minimum absolute atomic E-state index is 0.00686. The lowest BCUT2D eigenvalue weighted by Gasteiger charge is -2.34. The van der Waals surface area contributed by atoms with Gasteiger partial charge < -0.3 is 60.4 Å². The number of hydrogen-bond donors (Lipinski definition) is 5. The van der Waals surface area contributed by atoms with Crippen molar-refractivity contribution in [2.24, 2.45) is 11.8 Å². The van der Waals surface area contributed by atoms with Crippen LogP contribution >= 0.6 is 0 Å². The highest BCUT2D eigenvalue weighted by Crippen LogP contribution is 2.41. The summed E-state index contributed by atoms with van der Waals surface area (Å²) in [5, 5.41) is 16.2. The Hall–Kier alpha value is -12.2. The van der Waals surface area contributed by atoms with Crippen LogP contribution in [0.5, 0.6) is 34.9 Å². The molecule has 3 saturated heterocycles. The molecule has 9 heterocycles. The van der Waals surface area contributed by atoms with E-state index < -0.39 is 52.5 Å². The number of likely N-dealkylation sites (N-methyl/N-ethyl adjacent to an activating group) is 1. The number of carbonyl (C=O) groups is 3. The van der Waals surface area contributed by atoms with Gasteiger partial charge in [0.05, 0.1) is 16.6 Å². The van der Waals surface area contributed by atoms with Gasteiger partial charge in [0.25, 0.3) is 17.6 Å². The van der Waals surface area contributed by atoms with Crippen molar-refractivity contribution in [2.45, 2.75) is 59.8 Å². The number of carbonyl (C=O) groups excluding carboxylic acids is 3. The predicted octanol–water partition coefficient (Wildman–Crippen LogP) is 15.4. The molecule has 0 spiro atoms. The van der Waals surface area contributed by atoms with Crippen molar-refractivity contribution in [2.75, 3.05) is 116 Å². The molecule has 2 saturated carbocycles. The molecule has 0 bridgehead atoms. The number of ether oxygens (including phenoxy) is 3. The van der Waals surface area contributed by atoms with Crippen LogP contribution in [0.1, 0.15) is 70.5 Å². The molecule has 111 heavy (non-hydrogen) atoms. The summed E-state index contributed by atoms with van der Waals surface area (Å²) in [7, 11) is 2.11. The molecule has 30 heteroatoms. The number of aryl methyl sites for hydroxylation is 3. The molecule has 0 amide bonds. The van der Waals surface area contributed by atoms with Crippen LogP contribution in [0.4, 0.5) is 77.9 Å². The standard InChI is InChI=1S/C28H28F2N6O2.C27H26F2N6O2.C26H26F2N6O2/c1-17-15-21-22(36(17)28(37)18-3-4-18)9-10-23(24(21)29)38-27-25(30)26(31-16-32-27)33-19-5-7-20(8-6-19)35-13-11-34(2)12-14-35;1-16-14-20-21(35(16)27(36)17-2-3-17)8-9-22(23(20)28)37-26-24(29)25(31-15-32-26)33-18-4-6-19(7-5-18)34-12-10-30-11-13-34;1-3-22(35)34-16(2)14-19-20(34)8-9-21(23(19)27)36-26-24(28)25(30-15-31-26)32-17-4-6-18(7-5-17)33-12-10-29-11-13-33/h5-10,15-16,18H,3-4,11-14H2,1-2H3,(H,31,32,33);4-9,14-15,17,30H,2-3,10-13H2,1H3,(H,31,32,33);4-9,14-15,29H,3,10-13H2,1-2H3,(H,30,31,32). The van der Waals surface area contributed by atoms with Gasteiger partial charge in [-0.3, -0.25) is 28.1 Å². The predicted molar refractivity (Wildman–Crippen MR) is 413 cm³/mol. The number of nitrogens with zero attached hydrogens (tertiary/aromatic N) is 13. The molecule has 0 atom stereocenters. The molecule has 5 N–H and O–H groups in total. The van der Waals surface area contributed by atoms with E-state index in [1.807, 2.05) is 72.8 Å². The van der Waals surface area contributed by atoms with Crippen LogP contribution in [0.15, 0.2) is 146 Å². The zero-order valence-corrected chi connectivity index (χ0v) is 61.6. The Bertz CT molecular complexity index is 5460. The van der Waals surface area contributed by atoms with Crippen molar-refractivity contribution in [3.05, 3.63) is 198 Å². The second-order valence-corrected chi connectivity index (χ2v) is 27.9. The first-order valence-electron chi connectivity index (χ1n) is 36.9. The Morgan fingerprint density at radius 2 is 0.712 bits per heavy atom. The van der Waals surface area contributed by atoms with Crippen LogP contribution in [0.3, 0.4) is 0 Å². The fourth-order valence-electron chi connectivity index (χ4n) is 13.8. The number of hydrogen-bond acceptors (Lipinski definition) is 21. The number of rotatable bonds is 18. The maximum Gasteiger partial charge on any atom is 0.261 e. The number of fused-ring (bicyclic) bond motifs is 3. The van der Waals surface area contributed by atoms with Gasteiger partial charge in [0.15, 0.2) is 52.2 Å². The Morgan fingerprint density at radius 1 is 0.405 bits per heavy atom. The SMILES string of the molecule is CCC(=O)n1c(C)cc2c(F)c(Oc3ncnc(Nc4ccc(N5CCNCC5)cc4)c3F)ccc21.Cc1cc2c(F)c(Oc3ncnc(Nc4ccc(N5CCN(C)CC5)cc4)c3F)ccc2n1C(=O)C1CC1.Cc1cc2c(F)c(Oc3ncnc(Nc4ccc(N5CCNCC5)cc4)c3F)ccc2n1C(=O)C1CC1. The van der Waals surface area contributed by atoms with Gasteiger partial charge in [0.1, 0.15) is 19.0 Å². The smallest absolute Gasteiger partial charge is 0.261 e. The van der Waals surface area contributed by atoms with Crippen molar-refractivity contribution < 1.29 is 54.9 Å². The molecule has 3 aliphatic heterocycles. The van der Waals surface area contributed by atoms with E-state index in [4.69, 9.17) is 14.2 Å². The lowest BCUT2D eigenvalue weighted by molar-refractivity contribution is 0.0881. The molecule has 0 unspecified atom stereocenters. The summed E-state index contributed by atoms with van der Waals surface area (Å²) in [6.45, 7) is 18.4. The van der Waals surface area contributed by atoms with Gasteiger partial charge in [-0.2, -0.15) is 28.1 Å². The van der Waals surface area contributed by atoms with E-state index in [0.29, 0.717) is 50.7 Å². The van der Waals surface area contributed by atoms with Crippen molar-refractivity contribution >= 4 is 102 Å². The third kappa shape index (κ3) is 16.0. The van der Waals surface area contributed by atoms with Crippen LogP contribution in [0, 0.1) is 67.5 Å². The summed E-state index contributed by atoms with van der Waals surface area (Å²) in [4.78, 5) is 70.3. The largest absolute Gasteiger partial charge is 0.433 e. The summed E-state index contributed by atoms with van der Waals surface area (Å²) < 4.78 is 113. The van der Waals surface area contributed by atoms with Crippen molar-refractivity contribution in [3.8, 4) is 34.9 Å².